The molecule has 2 saturated heterocycles. The Morgan fingerprint density at radius 3 is 2.48 bits per heavy atom. The molecule has 1 unspecified atom stereocenters. The number of nitrogens with zero attached hydrogens (tertiary/aromatic N) is 7. The van der Waals surface area contributed by atoms with Gasteiger partial charge in [-0.15, -0.1) is 5.10 Å². The lowest BCUT2D eigenvalue weighted by molar-refractivity contribution is -0.122. The first kappa shape index (κ1) is 33.7. The predicted molar refractivity (Wildman–Crippen MR) is 195 cm³/mol. The monoisotopic (exact) mass is 711 g/mol. The number of β-lactam (4-membered cyclic amide) rings is 1. The normalized spacial score (nSPS) is 16.3. The number of carbonyl (C=O) groups is 1. The highest BCUT2D eigenvalue weighted by molar-refractivity contribution is 6.36. The SMILES string of the molecule is CC(C)(C)N1CCC(n2cc(C(Nc3cc(Cl)c4ncc(C#N)c(Nc5ccc(F)c(Cl)c5)c4c3)c3cccc(N4CCC4=O)c3)nn2)CC1. The van der Waals surface area contributed by atoms with Crippen molar-refractivity contribution in [3.63, 3.8) is 0 Å². The number of halogens is 3. The first-order chi connectivity index (χ1) is 24.0. The average molecular weight is 713 g/mol. The van der Waals surface area contributed by atoms with E-state index in [2.05, 4.69) is 57.7 Å². The van der Waals surface area contributed by atoms with E-state index in [1.807, 2.05) is 41.2 Å². The van der Waals surface area contributed by atoms with Crippen molar-refractivity contribution in [3.05, 3.63) is 99.7 Å². The van der Waals surface area contributed by atoms with Crippen LogP contribution in [0.25, 0.3) is 10.9 Å². The fourth-order valence-corrected chi connectivity index (χ4v) is 7.09. The summed E-state index contributed by atoms with van der Waals surface area (Å²) in [4.78, 5) is 21.1. The van der Waals surface area contributed by atoms with Gasteiger partial charge in [0.2, 0.25) is 5.91 Å². The molecule has 2 aromatic heterocycles. The van der Waals surface area contributed by atoms with Crippen LogP contribution in [0.2, 0.25) is 10.0 Å². The van der Waals surface area contributed by atoms with Crippen molar-refractivity contribution in [2.75, 3.05) is 35.2 Å². The molecule has 2 fully saturated rings. The van der Waals surface area contributed by atoms with Gasteiger partial charge in [0.15, 0.2) is 0 Å². The second-order valence-electron chi connectivity index (χ2n) is 13.7. The highest BCUT2D eigenvalue weighted by Gasteiger charge is 2.30. The zero-order valence-corrected chi connectivity index (χ0v) is 29.4. The molecule has 0 saturated carbocycles. The maximum absolute atomic E-state index is 13.9. The third kappa shape index (κ3) is 6.71. The molecule has 1 amide bonds. The minimum absolute atomic E-state index is 0.0509. The number of likely N-dealkylation sites (tertiary alicyclic amines) is 1. The van der Waals surface area contributed by atoms with Gasteiger partial charge in [-0.3, -0.25) is 14.7 Å². The van der Waals surface area contributed by atoms with Crippen molar-refractivity contribution >= 4 is 62.8 Å². The van der Waals surface area contributed by atoms with Gasteiger partial charge in [0.05, 0.1) is 45.1 Å². The van der Waals surface area contributed by atoms with Crippen LogP contribution in [0.15, 0.2) is 67.0 Å². The Labute approximate surface area is 299 Å². The van der Waals surface area contributed by atoms with E-state index in [1.165, 1.54) is 18.3 Å². The minimum atomic E-state index is -0.548. The summed E-state index contributed by atoms with van der Waals surface area (Å²) >= 11 is 12.9. The molecule has 5 aromatic rings. The number of piperidine rings is 1. The van der Waals surface area contributed by atoms with Gasteiger partial charge in [0.25, 0.3) is 0 Å². The lowest BCUT2D eigenvalue weighted by Gasteiger charge is -2.40. The quantitative estimate of drug-likeness (QED) is 0.155. The summed E-state index contributed by atoms with van der Waals surface area (Å²) in [6.07, 6.45) is 5.91. The number of nitriles is 1. The molecule has 3 aromatic carbocycles. The molecule has 7 rings (SSSR count). The van der Waals surface area contributed by atoms with E-state index in [-0.39, 0.29) is 28.1 Å². The van der Waals surface area contributed by atoms with E-state index in [0.29, 0.717) is 51.6 Å². The van der Waals surface area contributed by atoms with Crippen molar-refractivity contribution < 1.29 is 9.18 Å². The summed E-state index contributed by atoms with van der Waals surface area (Å²) in [5, 5.41) is 27.0. The number of hydrogen-bond acceptors (Lipinski definition) is 8. The maximum Gasteiger partial charge on any atom is 0.228 e. The Morgan fingerprint density at radius 1 is 1.02 bits per heavy atom. The second-order valence-corrected chi connectivity index (χ2v) is 14.6. The Kier molecular flexibility index (Phi) is 9.11. The standard InChI is InChI=1S/C37H36Cl2FN9O/c1-37(2,3)47-12-9-26(10-13-47)49-21-32(45-46-49)35(22-5-4-6-27(15-22)48-14-11-33(48)50)44-25-16-28-34(43-24-7-8-31(40)29(38)17-24)23(19-41)20-42-36(28)30(39)18-25/h4-8,15-18,20-21,26,35,44H,9-14H2,1-3H3,(H,42,43). The number of pyridine rings is 1. The fourth-order valence-electron chi connectivity index (χ4n) is 6.64. The van der Waals surface area contributed by atoms with E-state index >= 15 is 0 Å². The van der Waals surface area contributed by atoms with Crippen molar-refractivity contribution in [2.45, 2.75) is 57.7 Å². The van der Waals surface area contributed by atoms with Gasteiger partial charge >= 0.3 is 0 Å². The highest BCUT2D eigenvalue weighted by atomic mass is 35.5. The maximum atomic E-state index is 13.9. The van der Waals surface area contributed by atoms with Crippen LogP contribution in [0, 0.1) is 17.1 Å². The molecule has 0 aliphatic carbocycles. The van der Waals surface area contributed by atoms with Crippen LogP contribution in [0.5, 0.6) is 0 Å². The largest absolute Gasteiger partial charge is 0.373 e. The van der Waals surface area contributed by atoms with E-state index in [1.54, 1.807) is 17.0 Å². The fraction of sp³-hybridized carbons (Fsp3) is 0.324. The van der Waals surface area contributed by atoms with E-state index < -0.39 is 11.9 Å². The molecule has 2 aliphatic rings. The Morgan fingerprint density at radius 2 is 1.80 bits per heavy atom. The predicted octanol–water partition coefficient (Wildman–Crippen LogP) is 8.26. The van der Waals surface area contributed by atoms with Crippen LogP contribution < -0.4 is 15.5 Å². The van der Waals surface area contributed by atoms with Crippen LogP contribution in [-0.2, 0) is 4.79 Å². The number of aromatic nitrogens is 4. The summed E-state index contributed by atoms with van der Waals surface area (Å²) in [7, 11) is 0. The molecule has 2 N–H and O–H groups in total. The van der Waals surface area contributed by atoms with E-state index in [9.17, 15) is 14.4 Å². The summed E-state index contributed by atoms with van der Waals surface area (Å²) < 4.78 is 15.9. The molecule has 4 heterocycles. The van der Waals surface area contributed by atoms with Gasteiger partial charge in [0.1, 0.15) is 17.6 Å². The van der Waals surface area contributed by atoms with Crippen LogP contribution in [0.4, 0.5) is 27.1 Å². The van der Waals surface area contributed by atoms with Crippen LogP contribution >= 0.6 is 23.2 Å². The van der Waals surface area contributed by atoms with Gasteiger partial charge in [-0.25, -0.2) is 9.07 Å². The Hall–Kier alpha value is -4.76. The Bertz CT molecular complexity index is 2130. The molecule has 0 radical (unpaired) electrons. The molecule has 1 atom stereocenters. The average Bonchev–Trinajstić information content (AvgIpc) is 3.58. The van der Waals surface area contributed by atoms with Gasteiger partial charge in [-0.1, -0.05) is 40.5 Å². The highest BCUT2D eigenvalue weighted by Crippen LogP contribution is 2.38. The molecule has 0 spiro atoms. The minimum Gasteiger partial charge on any atom is -0.373 e. The zero-order chi connectivity index (χ0) is 35.2. The second kappa shape index (κ2) is 13.5. The molecule has 2 aliphatic heterocycles. The molecule has 0 bridgehead atoms. The summed E-state index contributed by atoms with van der Waals surface area (Å²) in [5.41, 5.74) is 4.86. The Balaban J connectivity index is 1.27. The molecule has 13 heteroatoms. The van der Waals surface area contributed by atoms with Gasteiger partial charge in [-0.2, -0.15) is 5.26 Å². The number of nitrogens with one attached hydrogen (secondary N) is 2. The number of fused-ring (bicyclic) bond motifs is 1. The van der Waals surface area contributed by atoms with Gasteiger partial charge in [-0.05, 0) is 81.6 Å². The zero-order valence-electron chi connectivity index (χ0n) is 27.9. The third-order valence-electron chi connectivity index (χ3n) is 9.52. The first-order valence-electron chi connectivity index (χ1n) is 16.6. The number of carbonyl (C=O) groups excluding carboxylic acids is 1. The topological polar surface area (TPSA) is 115 Å². The summed E-state index contributed by atoms with van der Waals surface area (Å²) in [6.45, 7) is 9.36. The van der Waals surface area contributed by atoms with Crippen molar-refractivity contribution in [3.8, 4) is 6.07 Å². The number of benzene rings is 3. The number of rotatable bonds is 8. The van der Waals surface area contributed by atoms with E-state index in [4.69, 9.17) is 23.2 Å². The van der Waals surface area contributed by atoms with Gasteiger partial charge in [0, 0.05) is 60.2 Å². The summed E-state index contributed by atoms with van der Waals surface area (Å²) in [6, 6.07) is 17.7. The smallest absolute Gasteiger partial charge is 0.228 e. The number of amides is 1. The van der Waals surface area contributed by atoms with Gasteiger partial charge < -0.3 is 15.5 Å². The first-order valence-corrected chi connectivity index (χ1v) is 17.3. The number of anilines is 4. The van der Waals surface area contributed by atoms with Crippen LogP contribution in [-0.4, -0.2) is 56.0 Å². The van der Waals surface area contributed by atoms with Crippen LogP contribution in [0.1, 0.15) is 68.9 Å². The lowest BCUT2D eigenvalue weighted by atomic mass is 9.98. The van der Waals surface area contributed by atoms with Crippen molar-refractivity contribution in [1.29, 1.82) is 5.26 Å². The molecular weight excluding hydrogens is 676 g/mol. The molecular formula is C37H36Cl2FN9O. The third-order valence-corrected chi connectivity index (χ3v) is 10.1. The summed E-state index contributed by atoms with van der Waals surface area (Å²) in [5.74, 6) is -0.462. The molecule has 256 valence electrons. The van der Waals surface area contributed by atoms with Crippen molar-refractivity contribution in [1.82, 2.24) is 24.9 Å². The molecule has 50 heavy (non-hydrogen) atoms. The molecule has 10 nitrogen and oxygen atoms in total. The van der Waals surface area contributed by atoms with E-state index in [0.717, 1.165) is 37.2 Å². The number of hydrogen-bond donors (Lipinski definition) is 2. The lowest BCUT2D eigenvalue weighted by Crippen LogP contribution is -2.46. The van der Waals surface area contributed by atoms with Crippen molar-refractivity contribution in [2.24, 2.45) is 0 Å². The van der Waals surface area contributed by atoms with Crippen LogP contribution in [0.3, 0.4) is 0 Å².